The molecule has 1 fully saturated rings. The molecule has 19 heavy (non-hydrogen) atoms. The number of anilines is 1. The molecule has 4 N–H and O–H groups in total. The number of hydrogen-bond donors (Lipinski definition) is 3. The van der Waals surface area contributed by atoms with Gasteiger partial charge < -0.3 is 16.2 Å². The van der Waals surface area contributed by atoms with Gasteiger partial charge in [-0.25, -0.2) is 4.79 Å². The van der Waals surface area contributed by atoms with E-state index in [1.807, 2.05) is 6.92 Å². The predicted molar refractivity (Wildman–Crippen MR) is 72.2 cm³/mol. The van der Waals surface area contributed by atoms with Crippen LogP contribution in [0.15, 0.2) is 18.2 Å². The van der Waals surface area contributed by atoms with Crippen LogP contribution in [0.3, 0.4) is 0 Å². The lowest BCUT2D eigenvalue weighted by atomic mass is 9.97. The van der Waals surface area contributed by atoms with E-state index in [-0.39, 0.29) is 11.5 Å². The van der Waals surface area contributed by atoms with Crippen LogP contribution in [0.1, 0.15) is 41.6 Å². The summed E-state index contributed by atoms with van der Waals surface area (Å²) in [5.41, 5.74) is 6.74. The summed E-state index contributed by atoms with van der Waals surface area (Å²) >= 11 is 0. The first-order chi connectivity index (χ1) is 8.92. The lowest BCUT2D eigenvalue weighted by molar-refractivity contribution is -0.121. The van der Waals surface area contributed by atoms with E-state index in [4.69, 9.17) is 10.8 Å². The highest BCUT2D eigenvalue weighted by Crippen LogP contribution is 2.29. The molecule has 1 saturated carbocycles. The number of nitrogens with one attached hydrogen (secondary N) is 1. The molecule has 1 aliphatic carbocycles. The maximum Gasteiger partial charge on any atom is 0.335 e. The molecule has 1 aromatic carbocycles. The minimum absolute atomic E-state index is 0.151. The summed E-state index contributed by atoms with van der Waals surface area (Å²) in [6, 6.07) is 4.66. The molecule has 0 unspecified atom stereocenters. The molecule has 0 radical (unpaired) electrons. The number of aryl methyl sites for hydroxylation is 1. The van der Waals surface area contributed by atoms with Gasteiger partial charge in [-0.1, -0.05) is 18.9 Å². The molecule has 1 amide bonds. The smallest absolute Gasteiger partial charge is 0.335 e. The zero-order valence-corrected chi connectivity index (χ0v) is 10.9. The third-order valence-electron chi connectivity index (χ3n) is 3.68. The topological polar surface area (TPSA) is 92.4 Å². The number of nitrogens with two attached hydrogens (primary N) is 1. The summed E-state index contributed by atoms with van der Waals surface area (Å²) in [4.78, 5) is 23.1. The Morgan fingerprint density at radius 1 is 1.32 bits per heavy atom. The molecule has 5 heteroatoms. The van der Waals surface area contributed by atoms with E-state index in [1.54, 1.807) is 6.07 Å². The third kappa shape index (κ3) is 2.76. The van der Waals surface area contributed by atoms with Gasteiger partial charge in [-0.3, -0.25) is 4.79 Å². The minimum atomic E-state index is -1.01. The summed E-state index contributed by atoms with van der Waals surface area (Å²) < 4.78 is 0. The van der Waals surface area contributed by atoms with Crippen molar-refractivity contribution in [2.24, 2.45) is 5.73 Å². The maximum atomic E-state index is 12.2. The Morgan fingerprint density at radius 2 is 1.95 bits per heavy atom. The van der Waals surface area contributed by atoms with Crippen molar-refractivity contribution in [2.45, 2.75) is 38.1 Å². The van der Waals surface area contributed by atoms with Crippen LogP contribution < -0.4 is 11.1 Å². The lowest BCUT2D eigenvalue weighted by Crippen LogP contribution is -2.48. The second-order valence-corrected chi connectivity index (χ2v) is 5.15. The van der Waals surface area contributed by atoms with E-state index in [0.717, 1.165) is 18.4 Å². The summed E-state index contributed by atoms with van der Waals surface area (Å²) in [6.07, 6.45) is 3.27. The second kappa shape index (κ2) is 5.01. The Kier molecular flexibility index (Phi) is 3.57. The molecule has 102 valence electrons. The van der Waals surface area contributed by atoms with Crippen molar-refractivity contribution in [1.82, 2.24) is 0 Å². The summed E-state index contributed by atoms with van der Waals surface area (Å²) in [5, 5.41) is 11.7. The predicted octanol–water partition coefficient (Wildman–Crippen LogP) is 1.90. The van der Waals surface area contributed by atoms with Crippen LogP contribution >= 0.6 is 0 Å². The van der Waals surface area contributed by atoms with E-state index >= 15 is 0 Å². The summed E-state index contributed by atoms with van der Waals surface area (Å²) in [7, 11) is 0. The summed E-state index contributed by atoms with van der Waals surface area (Å²) in [6.45, 7) is 1.82. The highest BCUT2D eigenvalue weighted by Gasteiger charge is 2.37. The fourth-order valence-electron chi connectivity index (χ4n) is 2.37. The Bertz CT molecular complexity index is 519. The molecule has 0 atom stereocenters. The van der Waals surface area contributed by atoms with E-state index < -0.39 is 11.5 Å². The fraction of sp³-hybridized carbons (Fsp3) is 0.429. The zero-order valence-electron chi connectivity index (χ0n) is 10.9. The number of amides is 1. The molecule has 0 spiro atoms. The van der Waals surface area contributed by atoms with E-state index in [0.29, 0.717) is 18.5 Å². The number of carbonyl (C=O) groups is 2. The largest absolute Gasteiger partial charge is 0.478 e. The molecule has 2 rings (SSSR count). The van der Waals surface area contributed by atoms with Gasteiger partial charge in [-0.05, 0) is 37.5 Å². The van der Waals surface area contributed by atoms with Gasteiger partial charge in [-0.15, -0.1) is 0 Å². The van der Waals surface area contributed by atoms with Crippen molar-refractivity contribution >= 4 is 17.6 Å². The number of carbonyl (C=O) groups excluding carboxylic acids is 1. The van der Waals surface area contributed by atoms with Crippen molar-refractivity contribution in [1.29, 1.82) is 0 Å². The number of aromatic carboxylic acids is 1. The average Bonchev–Trinajstić information content (AvgIpc) is 2.80. The normalized spacial score (nSPS) is 17.2. The average molecular weight is 262 g/mol. The Labute approximate surface area is 111 Å². The number of rotatable bonds is 3. The molecule has 5 nitrogen and oxygen atoms in total. The Morgan fingerprint density at radius 3 is 2.53 bits per heavy atom. The van der Waals surface area contributed by atoms with Crippen molar-refractivity contribution < 1.29 is 14.7 Å². The minimum Gasteiger partial charge on any atom is -0.478 e. The standard InChI is InChI=1S/C14H18N2O3/c1-9-4-5-10(12(17)18)8-11(9)16-13(19)14(15)6-2-3-7-14/h4-5,8H,2-3,6-7,15H2,1H3,(H,16,19)(H,17,18). The van der Waals surface area contributed by atoms with Crippen molar-refractivity contribution in [2.75, 3.05) is 5.32 Å². The molecular formula is C14H18N2O3. The van der Waals surface area contributed by atoms with Gasteiger partial charge in [-0.2, -0.15) is 0 Å². The lowest BCUT2D eigenvalue weighted by Gasteiger charge is -2.23. The molecule has 1 aromatic rings. The van der Waals surface area contributed by atoms with Crippen LogP contribution in [0.5, 0.6) is 0 Å². The molecule has 1 aliphatic rings. The number of carboxylic acids is 1. The number of hydrogen-bond acceptors (Lipinski definition) is 3. The first-order valence-corrected chi connectivity index (χ1v) is 6.37. The van der Waals surface area contributed by atoms with Crippen LogP contribution in [0.25, 0.3) is 0 Å². The monoisotopic (exact) mass is 262 g/mol. The number of benzene rings is 1. The molecule has 0 bridgehead atoms. The molecule has 0 aromatic heterocycles. The van der Waals surface area contributed by atoms with Crippen LogP contribution in [0, 0.1) is 6.92 Å². The van der Waals surface area contributed by atoms with Gasteiger partial charge in [0.2, 0.25) is 5.91 Å². The highest BCUT2D eigenvalue weighted by atomic mass is 16.4. The van der Waals surface area contributed by atoms with Gasteiger partial charge in [0.15, 0.2) is 0 Å². The van der Waals surface area contributed by atoms with Crippen LogP contribution in [0.4, 0.5) is 5.69 Å². The van der Waals surface area contributed by atoms with Gasteiger partial charge in [0.05, 0.1) is 11.1 Å². The van der Waals surface area contributed by atoms with E-state index in [9.17, 15) is 9.59 Å². The molecule has 0 saturated heterocycles. The summed E-state index contributed by atoms with van der Waals surface area (Å²) in [5.74, 6) is -1.24. The third-order valence-corrected chi connectivity index (χ3v) is 3.68. The molecule has 0 heterocycles. The van der Waals surface area contributed by atoms with Crippen molar-refractivity contribution in [3.05, 3.63) is 29.3 Å². The Hall–Kier alpha value is -1.88. The van der Waals surface area contributed by atoms with Crippen molar-refractivity contribution in [3.8, 4) is 0 Å². The van der Waals surface area contributed by atoms with E-state index in [2.05, 4.69) is 5.32 Å². The fourth-order valence-corrected chi connectivity index (χ4v) is 2.37. The van der Waals surface area contributed by atoms with Crippen LogP contribution in [0.2, 0.25) is 0 Å². The van der Waals surface area contributed by atoms with Gasteiger partial charge >= 0.3 is 5.97 Å². The first kappa shape index (κ1) is 13.5. The second-order valence-electron chi connectivity index (χ2n) is 5.15. The number of carboxylic acid groups (broad SMARTS) is 1. The van der Waals surface area contributed by atoms with Gasteiger partial charge in [0.1, 0.15) is 0 Å². The SMILES string of the molecule is Cc1ccc(C(=O)O)cc1NC(=O)C1(N)CCCC1. The Balaban J connectivity index is 2.20. The zero-order chi connectivity index (χ0) is 14.0. The van der Waals surface area contributed by atoms with Crippen LogP contribution in [-0.4, -0.2) is 22.5 Å². The first-order valence-electron chi connectivity index (χ1n) is 6.37. The van der Waals surface area contributed by atoms with Crippen molar-refractivity contribution in [3.63, 3.8) is 0 Å². The van der Waals surface area contributed by atoms with Gasteiger partial charge in [0.25, 0.3) is 0 Å². The highest BCUT2D eigenvalue weighted by molar-refractivity contribution is 5.99. The van der Waals surface area contributed by atoms with E-state index in [1.165, 1.54) is 12.1 Å². The van der Waals surface area contributed by atoms with Crippen LogP contribution in [-0.2, 0) is 4.79 Å². The maximum absolute atomic E-state index is 12.2. The molecule has 0 aliphatic heterocycles. The molecular weight excluding hydrogens is 244 g/mol. The quantitative estimate of drug-likeness (QED) is 0.775. The van der Waals surface area contributed by atoms with Gasteiger partial charge in [0, 0.05) is 5.69 Å².